The second-order valence-electron chi connectivity index (χ2n) is 8.72. The first-order valence-electron chi connectivity index (χ1n) is 11.2. The molecule has 0 spiro atoms. The van der Waals surface area contributed by atoms with Crippen LogP contribution in [0.15, 0.2) is 53.3 Å². The van der Waals surface area contributed by atoms with Crippen LogP contribution in [0, 0.1) is 0 Å². The number of imide groups is 1. The first-order valence-corrected chi connectivity index (χ1v) is 12.3. The first kappa shape index (κ1) is 26.7. The number of aromatic nitrogens is 2. The Kier molecular flexibility index (Phi) is 7.33. The summed E-state index contributed by atoms with van der Waals surface area (Å²) in [7, 11) is 4.95. The van der Waals surface area contributed by atoms with Crippen LogP contribution in [0.4, 0.5) is 11.4 Å². The molecule has 4 aromatic rings. The molecule has 10 heteroatoms. The monoisotopic (exact) mass is 556 g/mol. The lowest BCUT2D eigenvalue weighted by Gasteiger charge is -2.27. The fraction of sp³-hybridized carbons (Fsp3) is 0.185. The summed E-state index contributed by atoms with van der Waals surface area (Å²) >= 11 is 18.9. The Labute approximate surface area is 228 Å². The Morgan fingerprint density at radius 2 is 1.43 bits per heavy atom. The fourth-order valence-electron chi connectivity index (χ4n) is 4.32. The highest BCUT2D eigenvalue weighted by atomic mass is 35.5. The van der Waals surface area contributed by atoms with E-state index < -0.39 is 17.4 Å². The molecule has 0 aliphatic carbocycles. The largest absolute Gasteiger partial charge is 0.371 e. The summed E-state index contributed by atoms with van der Waals surface area (Å²) < 4.78 is 1.39. The maximum Gasteiger partial charge on any atom is 0.277 e. The van der Waals surface area contributed by atoms with Gasteiger partial charge in [0.05, 0.1) is 16.4 Å². The highest BCUT2D eigenvalue weighted by molar-refractivity contribution is 6.36. The van der Waals surface area contributed by atoms with Gasteiger partial charge in [0.15, 0.2) is 0 Å². The van der Waals surface area contributed by atoms with Crippen LogP contribution in [0.25, 0.3) is 33.4 Å². The average Bonchev–Trinajstić information content (AvgIpc) is 2.81. The summed E-state index contributed by atoms with van der Waals surface area (Å²) in [5.74, 6) is -1.05. The molecule has 0 saturated heterocycles. The van der Waals surface area contributed by atoms with Crippen LogP contribution in [0.3, 0.4) is 0 Å². The summed E-state index contributed by atoms with van der Waals surface area (Å²) in [4.78, 5) is 46.3. The number of benzene rings is 2. The van der Waals surface area contributed by atoms with Gasteiger partial charge in [-0.1, -0.05) is 46.9 Å². The minimum atomic E-state index is -0.525. The molecule has 4 rings (SSSR count). The van der Waals surface area contributed by atoms with E-state index in [0.29, 0.717) is 37.3 Å². The van der Waals surface area contributed by atoms with Gasteiger partial charge in [0, 0.05) is 61.5 Å². The van der Waals surface area contributed by atoms with E-state index in [0.717, 1.165) is 10.5 Å². The predicted molar refractivity (Wildman–Crippen MR) is 151 cm³/mol. The SMILES string of the molecule is CC(=O)N(C(C)=O)c1c(N(C)C)c(=O)n(C)c2nc(-c3ccc(Cl)cc3Cl)c(-c3ccc(Cl)cc3)cc12. The number of anilines is 2. The Hall–Kier alpha value is -3.39. The second-order valence-corrected chi connectivity index (χ2v) is 10.00. The van der Waals surface area contributed by atoms with Gasteiger partial charge in [0.25, 0.3) is 5.56 Å². The number of fused-ring (bicyclic) bond motifs is 1. The van der Waals surface area contributed by atoms with Crippen molar-refractivity contribution in [1.82, 2.24) is 9.55 Å². The third-order valence-electron chi connectivity index (χ3n) is 5.95. The summed E-state index contributed by atoms with van der Waals surface area (Å²) in [6, 6.07) is 14.0. The van der Waals surface area contributed by atoms with Gasteiger partial charge in [-0.15, -0.1) is 0 Å². The number of rotatable bonds is 4. The minimum Gasteiger partial charge on any atom is -0.371 e. The quantitative estimate of drug-likeness (QED) is 0.299. The summed E-state index contributed by atoms with van der Waals surface area (Å²) in [5.41, 5.74) is 2.72. The molecule has 0 unspecified atom stereocenters. The van der Waals surface area contributed by atoms with E-state index in [1.165, 1.54) is 18.4 Å². The number of aryl methyl sites for hydroxylation is 1. The number of hydrogen-bond acceptors (Lipinski definition) is 5. The molecule has 0 aliphatic rings. The molecule has 2 amide bonds. The van der Waals surface area contributed by atoms with Gasteiger partial charge in [-0.25, -0.2) is 9.88 Å². The summed E-state index contributed by atoms with van der Waals surface area (Å²) in [5, 5.41) is 1.83. The van der Waals surface area contributed by atoms with Crippen molar-refractivity contribution in [3.63, 3.8) is 0 Å². The maximum atomic E-state index is 13.5. The lowest BCUT2D eigenvalue weighted by molar-refractivity contribution is -0.124. The zero-order valence-electron chi connectivity index (χ0n) is 20.8. The van der Waals surface area contributed by atoms with Gasteiger partial charge >= 0.3 is 0 Å². The van der Waals surface area contributed by atoms with Crippen LogP contribution in [0.2, 0.25) is 15.1 Å². The third kappa shape index (κ3) is 4.82. The van der Waals surface area contributed by atoms with Crippen molar-refractivity contribution in [2.45, 2.75) is 13.8 Å². The number of halogens is 3. The standard InChI is InChI=1S/C27H23Cl3N4O3/c1-14(35)34(15(2)36)24-21-13-20(16-6-8-17(28)9-7-16)23(19-11-10-18(29)12-22(19)30)31-26(21)33(5)27(37)25(24)32(3)4/h6-13H,1-5H3. The number of hydrogen-bond donors (Lipinski definition) is 0. The van der Waals surface area contributed by atoms with Gasteiger partial charge in [-0.3, -0.25) is 19.0 Å². The number of carbonyl (C=O) groups excluding carboxylic acids is 2. The number of pyridine rings is 2. The molecule has 0 saturated carbocycles. The molecule has 2 heterocycles. The van der Waals surface area contributed by atoms with E-state index in [2.05, 4.69) is 0 Å². The number of amides is 2. The molecule has 7 nitrogen and oxygen atoms in total. The van der Waals surface area contributed by atoms with Gasteiger partial charge in [0.1, 0.15) is 11.3 Å². The Morgan fingerprint density at radius 3 is 1.97 bits per heavy atom. The molecule has 37 heavy (non-hydrogen) atoms. The van der Waals surface area contributed by atoms with Crippen molar-refractivity contribution in [3.05, 3.63) is 74.0 Å². The van der Waals surface area contributed by atoms with Crippen LogP contribution in [0.1, 0.15) is 13.8 Å². The van der Waals surface area contributed by atoms with Crippen molar-refractivity contribution < 1.29 is 9.59 Å². The molecular weight excluding hydrogens is 535 g/mol. The zero-order chi connectivity index (χ0) is 27.2. The van der Waals surface area contributed by atoms with Gasteiger partial charge in [-0.2, -0.15) is 0 Å². The van der Waals surface area contributed by atoms with Crippen LogP contribution in [0.5, 0.6) is 0 Å². The molecule has 2 aromatic heterocycles. The van der Waals surface area contributed by atoms with E-state index in [1.54, 1.807) is 56.4 Å². The number of nitrogens with zero attached hydrogens (tertiary/aromatic N) is 4. The predicted octanol–water partition coefficient (Wildman–Crippen LogP) is 6.19. The molecule has 0 atom stereocenters. The molecule has 190 valence electrons. The van der Waals surface area contributed by atoms with Crippen molar-refractivity contribution >= 4 is 69.0 Å². The van der Waals surface area contributed by atoms with E-state index in [4.69, 9.17) is 39.8 Å². The topological polar surface area (TPSA) is 75.5 Å². The molecule has 0 radical (unpaired) electrons. The van der Waals surface area contributed by atoms with E-state index in [-0.39, 0.29) is 17.0 Å². The van der Waals surface area contributed by atoms with Gasteiger partial charge < -0.3 is 4.90 Å². The summed E-state index contributed by atoms with van der Waals surface area (Å²) in [6.07, 6.45) is 0. The van der Waals surface area contributed by atoms with Gasteiger partial charge in [-0.05, 0) is 42.0 Å². The van der Waals surface area contributed by atoms with Crippen LogP contribution in [-0.2, 0) is 16.6 Å². The highest BCUT2D eigenvalue weighted by Gasteiger charge is 2.29. The molecular formula is C27H23Cl3N4O3. The smallest absolute Gasteiger partial charge is 0.277 e. The summed E-state index contributed by atoms with van der Waals surface area (Å²) in [6.45, 7) is 2.55. The van der Waals surface area contributed by atoms with Crippen LogP contribution >= 0.6 is 34.8 Å². The maximum absolute atomic E-state index is 13.5. The Bertz CT molecular complexity index is 1620. The van der Waals surface area contributed by atoms with E-state index in [1.807, 2.05) is 18.2 Å². The van der Waals surface area contributed by atoms with Crippen molar-refractivity contribution in [3.8, 4) is 22.4 Å². The van der Waals surface area contributed by atoms with Crippen LogP contribution < -0.4 is 15.4 Å². The van der Waals surface area contributed by atoms with E-state index in [9.17, 15) is 14.4 Å². The van der Waals surface area contributed by atoms with Crippen molar-refractivity contribution in [1.29, 1.82) is 0 Å². The second kappa shape index (κ2) is 10.2. The molecule has 0 aliphatic heterocycles. The van der Waals surface area contributed by atoms with Crippen LogP contribution in [-0.4, -0.2) is 35.5 Å². The molecule has 2 aromatic carbocycles. The average molecular weight is 558 g/mol. The van der Waals surface area contributed by atoms with Crippen molar-refractivity contribution in [2.75, 3.05) is 23.9 Å². The fourth-order valence-corrected chi connectivity index (χ4v) is 4.94. The number of carbonyl (C=O) groups is 2. The van der Waals surface area contributed by atoms with E-state index >= 15 is 0 Å². The third-order valence-corrected chi connectivity index (χ3v) is 6.75. The lowest BCUT2D eigenvalue weighted by Crippen LogP contribution is -2.37. The first-order chi connectivity index (χ1) is 17.4. The normalized spacial score (nSPS) is 11.0. The van der Waals surface area contributed by atoms with Crippen molar-refractivity contribution in [2.24, 2.45) is 7.05 Å². The Balaban J connectivity index is 2.26. The lowest BCUT2D eigenvalue weighted by atomic mass is 9.97. The highest BCUT2D eigenvalue weighted by Crippen LogP contribution is 2.41. The van der Waals surface area contributed by atoms with Gasteiger partial charge in [0.2, 0.25) is 11.8 Å². The molecule has 0 bridgehead atoms. The zero-order valence-corrected chi connectivity index (χ0v) is 23.0. The Morgan fingerprint density at radius 1 is 0.838 bits per heavy atom. The minimum absolute atomic E-state index is 0.166. The molecule has 0 N–H and O–H groups in total. The molecule has 0 fully saturated rings.